The zero-order valence-electron chi connectivity index (χ0n) is 6.82. The summed E-state index contributed by atoms with van der Waals surface area (Å²) in [6.45, 7) is 0. The van der Waals surface area contributed by atoms with Crippen molar-refractivity contribution in [3.8, 4) is 0 Å². The predicted molar refractivity (Wildman–Crippen MR) is 51.9 cm³/mol. The molecule has 0 aliphatic rings. The molecule has 1 aromatic carbocycles. The van der Waals surface area contributed by atoms with Gasteiger partial charge in [0.05, 0.1) is 0 Å². The second kappa shape index (κ2) is 2.89. The average Bonchev–Trinajstić information content (AvgIpc) is 2.12. The molecule has 0 aliphatic heterocycles. The van der Waals surface area contributed by atoms with Crippen LogP contribution >= 0.6 is 0 Å². The van der Waals surface area contributed by atoms with Gasteiger partial charge in [0.1, 0.15) is 0 Å². The molecule has 0 atom stereocenters. The number of para-hydroxylation sites is 1. The zero-order valence-corrected chi connectivity index (χ0v) is 8.53. The first-order valence-electron chi connectivity index (χ1n) is 3.83. The Kier molecular flexibility index (Phi) is 1.87. The van der Waals surface area contributed by atoms with E-state index in [1.807, 2.05) is 0 Å². The first kappa shape index (κ1) is 7.78. The van der Waals surface area contributed by atoms with Crippen molar-refractivity contribution in [2.75, 3.05) is 0 Å². The Balaban J connectivity index is 3.05. The van der Waals surface area contributed by atoms with Gasteiger partial charge in [-0.1, -0.05) is 0 Å². The van der Waals surface area contributed by atoms with Gasteiger partial charge in [-0.25, -0.2) is 0 Å². The molecule has 60 valence electrons. The molecule has 1 aromatic heterocycles. The van der Waals surface area contributed by atoms with E-state index in [1.54, 1.807) is 0 Å². The summed E-state index contributed by atoms with van der Waals surface area (Å²) in [4.78, 5) is 0. The van der Waals surface area contributed by atoms with Gasteiger partial charge < -0.3 is 0 Å². The van der Waals surface area contributed by atoms with E-state index in [0.29, 0.717) is 0 Å². The van der Waals surface area contributed by atoms with Crippen LogP contribution in [0, 0.1) is 4.06 Å². The first-order chi connectivity index (χ1) is 5.79. The number of aromatic nitrogens is 1. The molecule has 0 bridgehead atoms. The van der Waals surface area contributed by atoms with E-state index in [9.17, 15) is 0 Å². The molecule has 1 nitrogen and oxygen atoms in total. The molecule has 0 saturated carbocycles. The second-order valence-electron chi connectivity index (χ2n) is 2.81. The molecule has 1 heterocycles. The van der Waals surface area contributed by atoms with Crippen LogP contribution in [0.2, 0.25) is 0 Å². The Labute approximate surface area is 79.0 Å². The number of fused-ring (bicyclic) bond motifs is 1. The molecule has 12 heavy (non-hydrogen) atoms. The normalized spacial score (nSPS) is 10.4. The summed E-state index contributed by atoms with van der Waals surface area (Å²) in [5.74, 6) is 0. The van der Waals surface area contributed by atoms with Gasteiger partial charge in [0, 0.05) is 0 Å². The fourth-order valence-corrected chi connectivity index (χ4v) is 1.83. The van der Waals surface area contributed by atoms with Crippen LogP contribution in [-0.4, -0.2) is 20.1 Å². The number of hydrogen-bond donors (Lipinski definition) is 0. The summed E-state index contributed by atoms with van der Waals surface area (Å²) in [5.41, 5.74) is 1.26. The van der Waals surface area contributed by atoms with E-state index in [2.05, 4.69) is 63.7 Å². The van der Waals surface area contributed by atoms with Crippen LogP contribution in [0.4, 0.5) is 0 Å². The summed E-state index contributed by atoms with van der Waals surface area (Å²) < 4.78 is 3.33. The molecule has 2 heteroatoms. The van der Waals surface area contributed by atoms with Crippen LogP contribution in [0.1, 0.15) is 0 Å². The van der Waals surface area contributed by atoms with E-state index < -0.39 is 0 Å². The molecule has 2 aromatic rings. The molecule has 0 unspecified atom stereocenters. The van der Waals surface area contributed by atoms with Gasteiger partial charge in [-0.05, 0) is 0 Å². The molecule has 0 aliphatic carbocycles. The molecule has 0 amide bonds. The Morgan fingerprint density at radius 1 is 1.17 bits per heavy atom. The van der Waals surface area contributed by atoms with Gasteiger partial charge in [-0.15, -0.1) is 0 Å². The van der Waals surface area contributed by atoms with Gasteiger partial charge in [0.15, 0.2) is 0 Å². The third-order valence-corrected chi connectivity index (χ3v) is 2.75. The number of nitrogens with zero attached hydrogens (tertiary/aromatic N) is 1. The third-order valence-electron chi connectivity index (χ3n) is 2.00. The van der Waals surface area contributed by atoms with E-state index in [4.69, 9.17) is 0 Å². The SMILES string of the molecule is Cn1ccc(=[Se])c2ccccc21. The monoisotopic (exact) mass is 223 g/mol. The van der Waals surface area contributed by atoms with Gasteiger partial charge in [-0.2, -0.15) is 0 Å². The maximum atomic E-state index is 3.06. The van der Waals surface area contributed by atoms with Crippen molar-refractivity contribution in [2.45, 2.75) is 0 Å². The van der Waals surface area contributed by atoms with Crippen molar-refractivity contribution in [2.24, 2.45) is 7.05 Å². The summed E-state index contributed by atoms with van der Waals surface area (Å²) in [6, 6.07) is 10.4. The predicted octanol–water partition coefficient (Wildman–Crippen LogP) is 1.88. The summed E-state index contributed by atoms with van der Waals surface area (Å²) in [7, 11) is 2.06. The molecule has 0 fully saturated rings. The number of hydrogen-bond acceptors (Lipinski definition) is 0. The van der Waals surface area contributed by atoms with Crippen LogP contribution in [-0.2, 0) is 7.05 Å². The van der Waals surface area contributed by atoms with Crippen LogP contribution < -0.4 is 0 Å². The summed E-state index contributed by atoms with van der Waals surface area (Å²) in [6.07, 6.45) is 2.06. The van der Waals surface area contributed by atoms with Crippen LogP contribution in [0.15, 0.2) is 36.5 Å². The fourth-order valence-electron chi connectivity index (χ4n) is 1.34. The van der Waals surface area contributed by atoms with E-state index >= 15 is 0 Å². The van der Waals surface area contributed by atoms with Gasteiger partial charge >= 0.3 is 78.7 Å². The Bertz CT molecular complexity index is 470. The van der Waals surface area contributed by atoms with E-state index in [0.717, 1.165) is 0 Å². The van der Waals surface area contributed by atoms with Gasteiger partial charge in [0.25, 0.3) is 0 Å². The molecule has 2 rings (SSSR count). The van der Waals surface area contributed by atoms with Crippen molar-refractivity contribution >= 4 is 26.5 Å². The van der Waals surface area contributed by atoms with Crippen molar-refractivity contribution in [3.63, 3.8) is 0 Å². The fraction of sp³-hybridized carbons (Fsp3) is 0.100. The minimum absolute atomic E-state index is 1.21. The van der Waals surface area contributed by atoms with E-state index in [-0.39, 0.29) is 0 Å². The minimum atomic E-state index is 1.21. The Hall–Kier alpha value is -0.851. The number of benzene rings is 1. The van der Waals surface area contributed by atoms with E-state index in [1.165, 1.54) is 15.0 Å². The quantitative estimate of drug-likeness (QED) is 0.600. The van der Waals surface area contributed by atoms with Gasteiger partial charge in [0.2, 0.25) is 0 Å². The van der Waals surface area contributed by atoms with Crippen molar-refractivity contribution in [1.29, 1.82) is 0 Å². The Morgan fingerprint density at radius 2 is 1.92 bits per heavy atom. The molecular weight excluding hydrogens is 213 g/mol. The van der Waals surface area contributed by atoms with Crippen LogP contribution in [0.25, 0.3) is 10.9 Å². The molecule has 0 saturated heterocycles. The number of pyridine rings is 1. The van der Waals surface area contributed by atoms with Crippen LogP contribution in [0.5, 0.6) is 0 Å². The molecule has 0 spiro atoms. The van der Waals surface area contributed by atoms with Crippen molar-refractivity contribution in [1.82, 2.24) is 4.57 Å². The summed E-state index contributed by atoms with van der Waals surface area (Å²) in [5, 5.41) is 1.28. The molecular formula is C10H9NSe. The zero-order chi connectivity index (χ0) is 8.55. The molecule has 0 radical (unpaired) electrons. The summed E-state index contributed by atoms with van der Waals surface area (Å²) >= 11 is 3.06. The Morgan fingerprint density at radius 3 is 2.67 bits per heavy atom. The number of aryl methyl sites for hydroxylation is 1. The second-order valence-corrected chi connectivity index (χ2v) is 3.73. The van der Waals surface area contributed by atoms with Crippen molar-refractivity contribution in [3.05, 3.63) is 40.6 Å². The van der Waals surface area contributed by atoms with Crippen molar-refractivity contribution < 1.29 is 0 Å². The third kappa shape index (κ3) is 1.13. The number of rotatable bonds is 0. The molecule has 0 N–H and O–H groups in total. The average molecular weight is 222 g/mol. The first-order valence-corrected chi connectivity index (χ1v) is 4.69. The topological polar surface area (TPSA) is 4.93 Å². The van der Waals surface area contributed by atoms with Gasteiger partial charge in [-0.3, -0.25) is 0 Å². The maximum absolute atomic E-state index is 3.06. The van der Waals surface area contributed by atoms with Crippen LogP contribution in [0.3, 0.4) is 0 Å². The standard InChI is InChI=1S/C10H9NSe/c1-11-7-6-10(12)8-4-2-3-5-9(8)11/h2-7H,1H3.